The van der Waals surface area contributed by atoms with Crippen molar-refractivity contribution in [1.82, 2.24) is 5.06 Å². The van der Waals surface area contributed by atoms with Gasteiger partial charge in [0.05, 0.1) is 7.11 Å². The Balaban J connectivity index is 4.18. The van der Waals surface area contributed by atoms with Gasteiger partial charge in [0, 0.05) is 14.2 Å². The van der Waals surface area contributed by atoms with Crippen LogP contribution in [-0.2, 0) is 19.1 Å². The van der Waals surface area contributed by atoms with Crippen molar-refractivity contribution >= 4 is 5.91 Å². The summed E-state index contributed by atoms with van der Waals surface area (Å²) in [6, 6.07) is 0. The highest BCUT2D eigenvalue weighted by molar-refractivity contribution is 5.83. The molecule has 0 aromatic carbocycles. The standard InChI is InChI=1S/C8H17NO4/c1-8(2,13-6-11-4)7(10)9(3)12-5/h6H2,1-5H3. The molecule has 0 fully saturated rings. The fourth-order valence-electron chi connectivity index (χ4n) is 0.730. The Labute approximate surface area is 78.5 Å². The molecule has 0 saturated heterocycles. The van der Waals surface area contributed by atoms with Crippen LogP contribution in [-0.4, -0.2) is 44.6 Å². The SMILES string of the molecule is COCOC(C)(C)C(=O)N(C)OC. The molecule has 0 unspecified atom stereocenters. The van der Waals surface area contributed by atoms with Gasteiger partial charge in [-0.1, -0.05) is 0 Å². The molecule has 1 amide bonds. The molecule has 0 N–H and O–H groups in total. The third kappa shape index (κ3) is 3.71. The fourth-order valence-corrected chi connectivity index (χ4v) is 0.730. The Bertz CT molecular complexity index is 170. The molecule has 0 aromatic heterocycles. The number of hydroxylamine groups is 2. The van der Waals surface area contributed by atoms with Gasteiger partial charge in [0.25, 0.3) is 5.91 Å². The molecule has 0 aliphatic heterocycles. The number of hydrogen-bond donors (Lipinski definition) is 0. The molecule has 0 aliphatic carbocycles. The molecule has 0 heterocycles. The molecule has 0 bridgehead atoms. The van der Waals surface area contributed by atoms with Crippen molar-refractivity contribution in [3.05, 3.63) is 0 Å². The van der Waals surface area contributed by atoms with Gasteiger partial charge in [-0.05, 0) is 13.8 Å². The van der Waals surface area contributed by atoms with E-state index in [0.29, 0.717) is 0 Å². The van der Waals surface area contributed by atoms with Crippen LogP contribution in [0, 0.1) is 0 Å². The van der Waals surface area contributed by atoms with Crippen LogP contribution in [0.15, 0.2) is 0 Å². The van der Waals surface area contributed by atoms with Crippen molar-refractivity contribution in [3.8, 4) is 0 Å². The molecule has 13 heavy (non-hydrogen) atoms. The van der Waals surface area contributed by atoms with E-state index >= 15 is 0 Å². The number of likely N-dealkylation sites (N-methyl/N-ethyl adjacent to an activating group) is 1. The third-order valence-corrected chi connectivity index (χ3v) is 1.61. The number of hydrogen-bond acceptors (Lipinski definition) is 4. The van der Waals surface area contributed by atoms with Gasteiger partial charge >= 0.3 is 0 Å². The van der Waals surface area contributed by atoms with Gasteiger partial charge < -0.3 is 9.47 Å². The van der Waals surface area contributed by atoms with Crippen LogP contribution >= 0.6 is 0 Å². The van der Waals surface area contributed by atoms with Gasteiger partial charge in [-0.3, -0.25) is 9.63 Å². The van der Waals surface area contributed by atoms with Gasteiger partial charge in [0.1, 0.15) is 12.4 Å². The van der Waals surface area contributed by atoms with Crippen LogP contribution < -0.4 is 0 Å². The summed E-state index contributed by atoms with van der Waals surface area (Å²) in [5.41, 5.74) is -0.930. The van der Waals surface area contributed by atoms with Crippen molar-refractivity contribution in [1.29, 1.82) is 0 Å². The lowest BCUT2D eigenvalue weighted by molar-refractivity contribution is -0.199. The smallest absolute Gasteiger partial charge is 0.277 e. The molecule has 0 atom stereocenters. The zero-order valence-corrected chi connectivity index (χ0v) is 8.79. The first kappa shape index (κ1) is 12.3. The molecular formula is C8H17NO4. The average molecular weight is 191 g/mol. The predicted molar refractivity (Wildman–Crippen MR) is 46.8 cm³/mol. The molecule has 5 nitrogen and oxygen atoms in total. The zero-order chi connectivity index (χ0) is 10.5. The zero-order valence-electron chi connectivity index (χ0n) is 8.79. The highest BCUT2D eigenvalue weighted by Crippen LogP contribution is 2.12. The molecule has 78 valence electrons. The van der Waals surface area contributed by atoms with E-state index in [1.165, 1.54) is 21.3 Å². The van der Waals surface area contributed by atoms with E-state index in [2.05, 4.69) is 0 Å². The summed E-state index contributed by atoms with van der Waals surface area (Å²) >= 11 is 0. The van der Waals surface area contributed by atoms with Crippen molar-refractivity contribution in [2.24, 2.45) is 0 Å². The first-order chi connectivity index (χ1) is 5.95. The number of carbonyl (C=O) groups is 1. The summed E-state index contributed by atoms with van der Waals surface area (Å²) in [5, 5.41) is 1.12. The fraction of sp³-hybridized carbons (Fsp3) is 0.875. The summed E-state index contributed by atoms with van der Waals surface area (Å²) < 4.78 is 9.88. The Morgan fingerprint density at radius 2 is 1.92 bits per heavy atom. The Morgan fingerprint density at radius 3 is 2.31 bits per heavy atom. The van der Waals surface area contributed by atoms with E-state index in [4.69, 9.17) is 14.3 Å². The lowest BCUT2D eigenvalue weighted by atomic mass is 10.1. The molecule has 0 rings (SSSR count). The van der Waals surface area contributed by atoms with Crippen molar-refractivity contribution in [2.75, 3.05) is 28.1 Å². The molecular weight excluding hydrogens is 174 g/mol. The van der Waals surface area contributed by atoms with Crippen LogP contribution in [0.5, 0.6) is 0 Å². The minimum absolute atomic E-state index is 0.0797. The van der Waals surface area contributed by atoms with E-state index in [1.807, 2.05) is 0 Å². The van der Waals surface area contributed by atoms with Gasteiger partial charge in [0.2, 0.25) is 0 Å². The molecule has 0 spiro atoms. The highest BCUT2D eigenvalue weighted by atomic mass is 16.7. The van der Waals surface area contributed by atoms with E-state index < -0.39 is 5.60 Å². The van der Waals surface area contributed by atoms with Crippen LogP contribution in [0.1, 0.15) is 13.8 Å². The average Bonchev–Trinajstić information content (AvgIpc) is 2.12. The van der Waals surface area contributed by atoms with Gasteiger partial charge in [-0.2, -0.15) is 0 Å². The van der Waals surface area contributed by atoms with E-state index in [1.54, 1.807) is 13.8 Å². The first-order valence-electron chi connectivity index (χ1n) is 3.91. The van der Waals surface area contributed by atoms with Crippen molar-refractivity contribution < 1.29 is 19.1 Å². The summed E-state index contributed by atoms with van der Waals surface area (Å²) in [6.45, 7) is 3.39. The summed E-state index contributed by atoms with van der Waals surface area (Å²) in [6.07, 6.45) is 0. The minimum Gasteiger partial charge on any atom is -0.359 e. The number of ether oxygens (including phenoxy) is 2. The van der Waals surface area contributed by atoms with Crippen molar-refractivity contribution in [3.63, 3.8) is 0 Å². The minimum atomic E-state index is -0.930. The normalized spacial score (nSPS) is 11.5. The molecule has 0 aliphatic rings. The Hall–Kier alpha value is -0.650. The van der Waals surface area contributed by atoms with Crippen LogP contribution in [0.3, 0.4) is 0 Å². The third-order valence-electron chi connectivity index (χ3n) is 1.61. The highest BCUT2D eigenvalue weighted by Gasteiger charge is 2.31. The molecule has 0 radical (unpaired) electrons. The van der Waals surface area contributed by atoms with E-state index in [-0.39, 0.29) is 12.7 Å². The second kappa shape index (κ2) is 5.16. The molecule has 0 aromatic rings. The largest absolute Gasteiger partial charge is 0.359 e. The van der Waals surface area contributed by atoms with Crippen LogP contribution in [0.25, 0.3) is 0 Å². The summed E-state index contributed by atoms with van der Waals surface area (Å²) in [7, 11) is 4.45. The number of methoxy groups -OCH3 is 1. The molecule has 0 saturated carbocycles. The Kier molecular flexibility index (Phi) is 4.90. The van der Waals surface area contributed by atoms with E-state index in [0.717, 1.165) is 5.06 Å². The maximum absolute atomic E-state index is 11.5. The second-order valence-corrected chi connectivity index (χ2v) is 3.05. The lowest BCUT2D eigenvalue weighted by Crippen LogP contribution is -2.45. The first-order valence-corrected chi connectivity index (χ1v) is 3.91. The maximum atomic E-state index is 11.5. The maximum Gasteiger partial charge on any atom is 0.277 e. The number of carbonyl (C=O) groups excluding carboxylic acids is 1. The van der Waals surface area contributed by atoms with Crippen molar-refractivity contribution in [2.45, 2.75) is 19.4 Å². The second-order valence-electron chi connectivity index (χ2n) is 3.05. The summed E-state index contributed by atoms with van der Waals surface area (Å²) in [5.74, 6) is -0.257. The van der Waals surface area contributed by atoms with Gasteiger partial charge in [-0.25, -0.2) is 5.06 Å². The topological polar surface area (TPSA) is 48.0 Å². The quantitative estimate of drug-likeness (QED) is 0.466. The number of amides is 1. The predicted octanol–water partition coefficient (Wildman–Crippen LogP) is 0.405. The number of nitrogens with zero attached hydrogens (tertiary/aromatic N) is 1. The Morgan fingerprint density at radius 1 is 1.38 bits per heavy atom. The van der Waals surface area contributed by atoms with Gasteiger partial charge in [0.15, 0.2) is 0 Å². The summed E-state index contributed by atoms with van der Waals surface area (Å²) in [4.78, 5) is 16.3. The van der Waals surface area contributed by atoms with Gasteiger partial charge in [-0.15, -0.1) is 0 Å². The number of rotatable bonds is 5. The van der Waals surface area contributed by atoms with Crippen LogP contribution in [0.2, 0.25) is 0 Å². The van der Waals surface area contributed by atoms with Crippen LogP contribution in [0.4, 0.5) is 0 Å². The monoisotopic (exact) mass is 191 g/mol. The molecule has 5 heteroatoms. The van der Waals surface area contributed by atoms with E-state index in [9.17, 15) is 4.79 Å². The lowest BCUT2D eigenvalue weighted by Gasteiger charge is -2.27.